The smallest absolute Gasteiger partial charge is 0.274 e. The molecule has 25 heavy (non-hydrogen) atoms. The van der Waals surface area contributed by atoms with E-state index in [1.807, 2.05) is 15.6 Å². The van der Waals surface area contributed by atoms with Crippen LogP contribution in [0.1, 0.15) is 41.0 Å². The van der Waals surface area contributed by atoms with Gasteiger partial charge in [0, 0.05) is 35.4 Å². The van der Waals surface area contributed by atoms with E-state index in [0.29, 0.717) is 28.8 Å². The SMILES string of the molecule is NC1CCN(C(=O)c2nn(-c3ccc(Cl)cc3Cl)c3c2CCC3)CC1. The van der Waals surface area contributed by atoms with Crippen LogP contribution in [0.3, 0.4) is 0 Å². The predicted molar refractivity (Wildman–Crippen MR) is 98.7 cm³/mol. The maximum Gasteiger partial charge on any atom is 0.274 e. The number of amides is 1. The van der Waals surface area contributed by atoms with Crippen LogP contribution >= 0.6 is 23.2 Å². The van der Waals surface area contributed by atoms with Gasteiger partial charge < -0.3 is 10.6 Å². The number of piperidine rings is 1. The molecule has 0 saturated carbocycles. The summed E-state index contributed by atoms with van der Waals surface area (Å²) >= 11 is 12.4. The fourth-order valence-corrected chi connectivity index (χ4v) is 4.20. The van der Waals surface area contributed by atoms with Crippen LogP contribution in [0.5, 0.6) is 0 Å². The number of likely N-dealkylation sites (tertiary alicyclic amines) is 1. The number of aromatic nitrogens is 2. The lowest BCUT2D eigenvalue weighted by Gasteiger charge is -2.29. The van der Waals surface area contributed by atoms with Crippen LogP contribution in [-0.4, -0.2) is 39.7 Å². The zero-order chi connectivity index (χ0) is 17.6. The minimum atomic E-state index is 0.00823. The van der Waals surface area contributed by atoms with Crippen molar-refractivity contribution in [3.63, 3.8) is 0 Å². The Hall–Kier alpha value is -1.56. The summed E-state index contributed by atoms with van der Waals surface area (Å²) in [5.41, 5.74) is 9.43. The van der Waals surface area contributed by atoms with Crippen molar-refractivity contribution in [1.82, 2.24) is 14.7 Å². The summed E-state index contributed by atoms with van der Waals surface area (Å²) in [6.07, 6.45) is 4.51. The van der Waals surface area contributed by atoms with Gasteiger partial charge in [-0.25, -0.2) is 4.68 Å². The molecule has 2 N–H and O–H groups in total. The first kappa shape index (κ1) is 16.9. The molecular formula is C18H20Cl2N4O. The number of halogens is 2. The largest absolute Gasteiger partial charge is 0.337 e. The molecular weight excluding hydrogens is 359 g/mol. The maximum atomic E-state index is 13.0. The monoisotopic (exact) mass is 378 g/mol. The number of rotatable bonds is 2. The quantitative estimate of drug-likeness (QED) is 0.872. The van der Waals surface area contributed by atoms with E-state index in [1.54, 1.807) is 12.1 Å². The lowest BCUT2D eigenvalue weighted by Crippen LogP contribution is -2.43. The number of carbonyl (C=O) groups is 1. The number of carbonyl (C=O) groups excluding carboxylic acids is 1. The van der Waals surface area contributed by atoms with Gasteiger partial charge >= 0.3 is 0 Å². The van der Waals surface area contributed by atoms with Gasteiger partial charge in [-0.1, -0.05) is 23.2 Å². The van der Waals surface area contributed by atoms with E-state index < -0.39 is 0 Å². The molecule has 2 aromatic rings. The highest BCUT2D eigenvalue weighted by molar-refractivity contribution is 6.35. The van der Waals surface area contributed by atoms with Crippen LogP contribution < -0.4 is 5.73 Å². The number of hydrogen-bond donors (Lipinski definition) is 1. The van der Waals surface area contributed by atoms with E-state index in [9.17, 15) is 4.79 Å². The Labute approximate surface area is 156 Å². The summed E-state index contributed by atoms with van der Waals surface area (Å²) in [4.78, 5) is 14.9. The van der Waals surface area contributed by atoms with Crippen LogP contribution in [0.25, 0.3) is 5.69 Å². The first-order chi connectivity index (χ1) is 12.0. The topological polar surface area (TPSA) is 64.2 Å². The first-order valence-corrected chi connectivity index (χ1v) is 9.41. The summed E-state index contributed by atoms with van der Waals surface area (Å²) in [7, 11) is 0. The Morgan fingerprint density at radius 2 is 1.96 bits per heavy atom. The number of fused-ring (bicyclic) bond motifs is 1. The highest BCUT2D eigenvalue weighted by Crippen LogP contribution is 2.32. The van der Waals surface area contributed by atoms with Crippen molar-refractivity contribution in [2.45, 2.75) is 38.1 Å². The number of hydrogen-bond acceptors (Lipinski definition) is 3. The van der Waals surface area contributed by atoms with Crippen molar-refractivity contribution in [3.8, 4) is 5.69 Å². The third-order valence-electron chi connectivity index (χ3n) is 5.10. The number of nitrogens with zero attached hydrogens (tertiary/aromatic N) is 3. The maximum absolute atomic E-state index is 13.0. The van der Waals surface area contributed by atoms with Gasteiger partial charge in [0.25, 0.3) is 5.91 Å². The van der Waals surface area contributed by atoms with Gasteiger partial charge in [-0.3, -0.25) is 4.79 Å². The second-order valence-electron chi connectivity index (χ2n) is 6.76. The molecule has 1 aliphatic heterocycles. The Balaban J connectivity index is 1.72. The molecule has 0 unspecified atom stereocenters. The molecule has 4 rings (SSSR count). The lowest BCUT2D eigenvalue weighted by atomic mass is 10.1. The van der Waals surface area contributed by atoms with Crippen LogP contribution in [0.2, 0.25) is 10.0 Å². The Morgan fingerprint density at radius 1 is 1.20 bits per heavy atom. The molecule has 1 fully saturated rings. The fourth-order valence-electron chi connectivity index (χ4n) is 3.71. The van der Waals surface area contributed by atoms with Crippen LogP contribution in [0.4, 0.5) is 0 Å². The molecule has 1 aromatic heterocycles. The Bertz CT molecular complexity index is 825. The summed E-state index contributed by atoms with van der Waals surface area (Å²) in [6.45, 7) is 1.40. The van der Waals surface area contributed by atoms with Gasteiger partial charge in [0.2, 0.25) is 0 Å². The highest BCUT2D eigenvalue weighted by Gasteiger charge is 2.31. The van der Waals surface area contributed by atoms with E-state index in [-0.39, 0.29) is 11.9 Å². The van der Waals surface area contributed by atoms with Gasteiger partial charge in [0.05, 0.1) is 10.7 Å². The average Bonchev–Trinajstić information content (AvgIpc) is 3.18. The Kier molecular flexibility index (Phi) is 4.48. The summed E-state index contributed by atoms with van der Waals surface area (Å²) in [6, 6.07) is 5.54. The molecule has 2 aliphatic rings. The molecule has 2 heterocycles. The molecule has 0 atom stereocenters. The predicted octanol–water partition coefficient (Wildman–Crippen LogP) is 3.23. The minimum Gasteiger partial charge on any atom is -0.337 e. The van der Waals surface area contributed by atoms with Crippen molar-refractivity contribution in [2.24, 2.45) is 5.73 Å². The molecule has 0 bridgehead atoms. The zero-order valence-electron chi connectivity index (χ0n) is 13.8. The van der Waals surface area contributed by atoms with Crippen molar-refractivity contribution >= 4 is 29.1 Å². The van der Waals surface area contributed by atoms with Crippen LogP contribution in [0.15, 0.2) is 18.2 Å². The van der Waals surface area contributed by atoms with Crippen LogP contribution in [-0.2, 0) is 12.8 Å². The van der Waals surface area contributed by atoms with Crippen molar-refractivity contribution < 1.29 is 4.79 Å². The zero-order valence-corrected chi connectivity index (χ0v) is 15.4. The molecule has 5 nitrogen and oxygen atoms in total. The van der Waals surface area contributed by atoms with E-state index in [4.69, 9.17) is 28.9 Å². The molecule has 132 valence electrons. The molecule has 7 heteroatoms. The number of benzene rings is 1. The van der Waals surface area contributed by atoms with E-state index >= 15 is 0 Å². The van der Waals surface area contributed by atoms with E-state index in [2.05, 4.69) is 5.10 Å². The van der Waals surface area contributed by atoms with E-state index in [0.717, 1.165) is 49.0 Å². The lowest BCUT2D eigenvalue weighted by molar-refractivity contribution is 0.0707. The van der Waals surface area contributed by atoms with Gasteiger partial charge in [0.1, 0.15) is 0 Å². The van der Waals surface area contributed by atoms with Gasteiger partial charge in [-0.05, 0) is 50.3 Å². The van der Waals surface area contributed by atoms with Crippen molar-refractivity contribution in [3.05, 3.63) is 45.2 Å². The summed E-state index contributed by atoms with van der Waals surface area (Å²) < 4.78 is 1.82. The molecule has 0 radical (unpaired) electrons. The fraction of sp³-hybridized carbons (Fsp3) is 0.444. The normalized spacial score (nSPS) is 17.8. The molecule has 1 saturated heterocycles. The third-order valence-corrected chi connectivity index (χ3v) is 5.64. The molecule has 0 spiro atoms. The highest BCUT2D eigenvalue weighted by atomic mass is 35.5. The van der Waals surface area contributed by atoms with Gasteiger partial charge in [-0.15, -0.1) is 0 Å². The second-order valence-corrected chi connectivity index (χ2v) is 7.61. The summed E-state index contributed by atoms with van der Waals surface area (Å²) in [5, 5.41) is 5.77. The summed E-state index contributed by atoms with van der Waals surface area (Å²) in [5.74, 6) is 0.00823. The van der Waals surface area contributed by atoms with Gasteiger partial charge in [0.15, 0.2) is 5.69 Å². The van der Waals surface area contributed by atoms with Crippen molar-refractivity contribution in [1.29, 1.82) is 0 Å². The molecule has 1 amide bonds. The van der Waals surface area contributed by atoms with Crippen LogP contribution in [0, 0.1) is 0 Å². The van der Waals surface area contributed by atoms with Gasteiger partial charge in [-0.2, -0.15) is 5.10 Å². The molecule has 1 aromatic carbocycles. The first-order valence-electron chi connectivity index (χ1n) is 8.65. The van der Waals surface area contributed by atoms with E-state index in [1.165, 1.54) is 0 Å². The third kappa shape index (κ3) is 3.05. The average molecular weight is 379 g/mol. The van der Waals surface area contributed by atoms with Crippen molar-refractivity contribution in [2.75, 3.05) is 13.1 Å². The standard InChI is InChI=1S/C18H20Cl2N4O/c19-11-4-5-16(14(20)10-11)24-15-3-1-2-13(15)17(22-24)18(25)23-8-6-12(21)7-9-23/h4-5,10,12H,1-3,6-9,21H2. The minimum absolute atomic E-state index is 0.00823. The Morgan fingerprint density at radius 3 is 2.68 bits per heavy atom. The number of nitrogens with two attached hydrogens (primary N) is 1. The second kappa shape index (κ2) is 6.63. The molecule has 1 aliphatic carbocycles.